The number of aryl methyl sites for hydroxylation is 1. The number of aliphatic hydroxyl groups is 2. The third-order valence-corrected chi connectivity index (χ3v) is 8.66. The van der Waals surface area contributed by atoms with Crippen LogP contribution in [0.5, 0.6) is 0 Å². The lowest BCUT2D eigenvalue weighted by Gasteiger charge is -2.23. The fourth-order valence-corrected chi connectivity index (χ4v) is 5.71. The van der Waals surface area contributed by atoms with E-state index in [2.05, 4.69) is 10.1 Å². The van der Waals surface area contributed by atoms with Gasteiger partial charge >= 0.3 is 13.4 Å². The van der Waals surface area contributed by atoms with Crippen molar-refractivity contribution < 1.29 is 33.4 Å². The maximum Gasteiger partial charge on any atom is 0.405 e. The topological polar surface area (TPSA) is 169 Å². The standard InChI is InChI=1S/C24H34N3O9PS/c1-16-13-27(23(32)26-21(16)30)20-11-18(29)19(36-20)14-35-37(33,25-12-17-7-5-4-6-8-17)34-9-10-38-22(31)24(2,3)15-28/h4-8,13,18-20,28-29H,9-12,14-15H2,1-3H3,(H,25,33)(H,26,30,32)/t18-,19-,20-,37?/m0/s1. The van der Waals surface area contributed by atoms with E-state index in [1.165, 1.54) is 10.8 Å². The maximum atomic E-state index is 13.5. The summed E-state index contributed by atoms with van der Waals surface area (Å²) in [5, 5.41) is 22.4. The van der Waals surface area contributed by atoms with Crippen LogP contribution in [-0.4, -0.2) is 62.7 Å². The maximum absolute atomic E-state index is 13.5. The number of rotatable bonds is 13. The first kappa shape index (κ1) is 30.5. The Balaban J connectivity index is 1.63. The fraction of sp³-hybridized carbons (Fsp3) is 0.542. The largest absolute Gasteiger partial charge is 0.405 e. The van der Waals surface area contributed by atoms with Gasteiger partial charge in [0.1, 0.15) is 12.3 Å². The van der Waals surface area contributed by atoms with Gasteiger partial charge in [0, 0.05) is 30.5 Å². The lowest BCUT2D eigenvalue weighted by Crippen LogP contribution is -2.33. The van der Waals surface area contributed by atoms with Crippen molar-refractivity contribution in [2.45, 2.75) is 52.2 Å². The molecule has 1 saturated heterocycles. The van der Waals surface area contributed by atoms with E-state index in [9.17, 15) is 29.2 Å². The SMILES string of the molecule is Cc1cn([C@@H]2C[C@H](O)[C@H](COP(=O)(NCc3ccccc3)OCCSC(=O)C(C)(C)CO)O2)c(=O)[nH]c1=O. The molecule has 4 N–H and O–H groups in total. The summed E-state index contributed by atoms with van der Waals surface area (Å²) in [5.74, 6) is 0.182. The third-order valence-electron chi connectivity index (χ3n) is 5.91. The van der Waals surface area contributed by atoms with Crippen LogP contribution in [0.3, 0.4) is 0 Å². The average Bonchev–Trinajstić information content (AvgIpc) is 3.27. The highest BCUT2D eigenvalue weighted by Gasteiger charge is 2.38. The van der Waals surface area contributed by atoms with E-state index in [1.54, 1.807) is 20.8 Å². The molecule has 1 aliphatic heterocycles. The van der Waals surface area contributed by atoms with Crippen LogP contribution in [0.2, 0.25) is 0 Å². The first-order valence-electron chi connectivity index (χ1n) is 12.1. The van der Waals surface area contributed by atoms with Crippen LogP contribution in [-0.2, 0) is 29.7 Å². The van der Waals surface area contributed by atoms with Gasteiger partial charge in [0.2, 0.25) is 0 Å². The van der Waals surface area contributed by atoms with Crippen LogP contribution in [0.25, 0.3) is 0 Å². The zero-order valence-corrected chi connectivity index (χ0v) is 23.2. The average molecular weight is 572 g/mol. The molecule has 0 saturated carbocycles. The van der Waals surface area contributed by atoms with Gasteiger partial charge in [-0.15, -0.1) is 0 Å². The van der Waals surface area contributed by atoms with E-state index >= 15 is 0 Å². The number of nitrogens with zero attached hydrogens (tertiary/aromatic N) is 1. The van der Waals surface area contributed by atoms with Gasteiger partial charge in [-0.3, -0.25) is 28.2 Å². The minimum atomic E-state index is -3.92. The van der Waals surface area contributed by atoms with Crippen molar-refractivity contribution in [3.05, 3.63) is 68.5 Å². The van der Waals surface area contributed by atoms with Gasteiger partial charge in [0.25, 0.3) is 5.56 Å². The summed E-state index contributed by atoms with van der Waals surface area (Å²) in [7, 11) is -3.92. The second-order valence-electron chi connectivity index (χ2n) is 9.54. The van der Waals surface area contributed by atoms with E-state index in [1.807, 2.05) is 30.3 Å². The van der Waals surface area contributed by atoms with Crippen LogP contribution < -0.4 is 16.3 Å². The number of hydrogen-bond donors (Lipinski definition) is 4. The van der Waals surface area contributed by atoms with Crippen molar-refractivity contribution in [3.63, 3.8) is 0 Å². The van der Waals surface area contributed by atoms with Gasteiger partial charge in [-0.05, 0) is 26.3 Å². The predicted octanol–water partition coefficient (Wildman–Crippen LogP) is 1.70. The Morgan fingerprint density at radius 1 is 1.29 bits per heavy atom. The number of ether oxygens (including phenoxy) is 1. The molecule has 14 heteroatoms. The van der Waals surface area contributed by atoms with Gasteiger partial charge in [-0.1, -0.05) is 42.1 Å². The fourth-order valence-electron chi connectivity index (χ4n) is 3.47. The van der Waals surface area contributed by atoms with Crippen molar-refractivity contribution in [1.29, 1.82) is 0 Å². The molecule has 2 aromatic rings. The third kappa shape index (κ3) is 8.20. The Morgan fingerprint density at radius 2 is 2.00 bits per heavy atom. The molecule has 2 heterocycles. The molecule has 1 fully saturated rings. The number of carbonyl (C=O) groups excluding carboxylic acids is 1. The zero-order chi connectivity index (χ0) is 27.9. The highest BCUT2D eigenvalue weighted by atomic mass is 32.2. The number of nitrogens with one attached hydrogen (secondary N) is 2. The highest BCUT2D eigenvalue weighted by Crippen LogP contribution is 2.45. The van der Waals surface area contributed by atoms with E-state index in [4.69, 9.17) is 13.8 Å². The highest BCUT2D eigenvalue weighted by molar-refractivity contribution is 8.13. The van der Waals surface area contributed by atoms with Gasteiger partial charge in [-0.2, -0.15) is 0 Å². The molecule has 1 unspecified atom stereocenters. The Morgan fingerprint density at radius 3 is 2.68 bits per heavy atom. The van der Waals surface area contributed by atoms with Crippen molar-refractivity contribution in [1.82, 2.24) is 14.6 Å². The van der Waals surface area contributed by atoms with Crippen LogP contribution >= 0.6 is 19.5 Å². The minimum absolute atomic E-state index is 0.0570. The molecular weight excluding hydrogens is 537 g/mol. The second kappa shape index (κ2) is 13.3. The summed E-state index contributed by atoms with van der Waals surface area (Å²) in [6.07, 6.45) is -1.39. The zero-order valence-electron chi connectivity index (χ0n) is 21.5. The molecule has 1 aromatic carbocycles. The molecule has 0 spiro atoms. The summed E-state index contributed by atoms with van der Waals surface area (Å²) >= 11 is 0.958. The summed E-state index contributed by atoms with van der Waals surface area (Å²) in [5.41, 5.74) is -0.945. The lowest BCUT2D eigenvalue weighted by molar-refractivity contribution is -0.119. The van der Waals surface area contributed by atoms with E-state index in [0.717, 1.165) is 17.3 Å². The van der Waals surface area contributed by atoms with E-state index < -0.39 is 42.8 Å². The van der Waals surface area contributed by atoms with Crippen LogP contribution in [0, 0.1) is 12.3 Å². The summed E-state index contributed by atoms with van der Waals surface area (Å²) in [4.78, 5) is 38.3. The second-order valence-corrected chi connectivity index (χ2v) is 12.4. The molecular formula is C24H34N3O9PS. The van der Waals surface area contributed by atoms with E-state index in [0.29, 0.717) is 5.56 Å². The number of hydrogen-bond acceptors (Lipinski definition) is 10. The Labute approximate surface area is 224 Å². The summed E-state index contributed by atoms with van der Waals surface area (Å²) in [6.45, 7) is 4.28. The normalized spacial score (nSPS) is 21.3. The molecule has 38 heavy (non-hydrogen) atoms. The van der Waals surface area contributed by atoms with Crippen LogP contribution in [0.15, 0.2) is 46.1 Å². The molecule has 0 bridgehead atoms. The molecule has 0 aliphatic carbocycles. The molecule has 3 rings (SSSR count). The number of aromatic nitrogens is 2. The Kier molecular flexibility index (Phi) is 10.7. The summed E-state index contributed by atoms with van der Waals surface area (Å²) < 4.78 is 31.7. The van der Waals surface area contributed by atoms with Crippen LogP contribution in [0.4, 0.5) is 0 Å². The Bertz CT molecular complexity index is 1250. The molecule has 0 amide bonds. The van der Waals surface area contributed by atoms with Gasteiger partial charge < -0.3 is 14.9 Å². The monoisotopic (exact) mass is 571 g/mol. The minimum Gasteiger partial charge on any atom is -0.395 e. The van der Waals surface area contributed by atoms with Crippen LogP contribution in [0.1, 0.15) is 37.6 Å². The molecule has 4 atom stereocenters. The molecule has 0 radical (unpaired) electrons. The molecule has 210 valence electrons. The smallest absolute Gasteiger partial charge is 0.395 e. The predicted molar refractivity (Wildman–Crippen MR) is 142 cm³/mol. The first-order chi connectivity index (χ1) is 17.9. The quantitative estimate of drug-likeness (QED) is 0.204. The van der Waals surface area contributed by atoms with Crippen molar-refractivity contribution in [2.75, 3.05) is 25.6 Å². The number of benzene rings is 1. The Hall–Kier alpha value is -2.09. The first-order valence-corrected chi connectivity index (χ1v) is 14.6. The number of thioether (sulfide) groups is 1. The number of H-pyrrole nitrogens is 1. The van der Waals surface area contributed by atoms with Gasteiger partial charge in [-0.25, -0.2) is 14.4 Å². The van der Waals surface area contributed by atoms with Crippen molar-refractivity contribution in [2.24, 2.45) is 5.41 Å². The number of aliphatic hydroxyl groups excluding tert-OH is 2. The van der Waals surface area contributed by atoms with Crippen molar-refractivity contribution in [3.8, 4) is 0 Å². The molecule has 1 aliphatic rings. The van der Waals surface area contributed by atoms with Crippen molar-refractivity contribution >= 4 is 24.6 Å². The van der Waals surface area contributed by atoms with E-state index in [-0.39, 0.29) is 43.7 Å². The number of carbonyl (C=O) groups is 1. The molecule has 12 nitrogen and oxygen atoms in total. The van der Waals surface area contributed by atoms with Gasteiger partial charge in [0.05, 0.1) is 31.3 Å². The lowest BCUT2D eigenvalue weighted by atomic mass is 9.97. The molecule has 1 aromatic heterocycles. The van der Waals surface area contributed by atoms with Gasteiger partial charge in [0.15, 0.2) is 5.12 Å². The number of aromatic amines is 1. The summed E-state index contributed by atoms with van der Waals surface area (Å²) in [6, 6.07) is 9.18.